The maximum absolute atomic E-state index is 11.9. The van der Waals surface area contributed by atoms with Crippen LogP contribution >= 0.6 is 0 Å². The van der Waals surface area contributed by atoms with Crippen LogP contribution in [0.4, 0.5) is 0 Å². The molecule has 2 heterocycles. The van der Waals surface area contributed by atoms with Crippen molar-refractivity contribution in [2.75, 3.05) is 32.8 Å². The minimum absolute atomic E-state index is 0.0349. The molecule has 1 aliphatic carbocycles. The van der Waals surface area contributed by atoms with Gasteiger partial charge in [0, 0.05) is 25.6 Å². The summed E-state index contributed by atoms with van der Waals surface area (Å²) >= 11 is 0. The number of nitrogens with zero attached hydrogens (tertiary/aromatic N) is 2. The minimum atomic E-state index is -0.203. The van der Waals surface area contributed by atoms with Crippen molar-refractivity contribution in [1.29, 1.82) is 0 Å². The monoisotopic (exact) mass is 238 g/mol. The fraction of sp³-hybridized carbons (Fsp3) is 0.833. The molecule has 2 unspecified atom stereocenters. The summed E-state index contributed by atoms with van der Waals surface area (Å²) in [7, 11) is 0. The van der Waals surface area contributed by atoms with Gasteiger partial charge < -0.3 is 10.0 Å². The topological polar surface area (TPSA) is 60.9 Å². The van der Waals surface area contributed by atoms with Crippen LogP contribution in [0.1, 0.15) is 12.8 Å². The smallest absolute Gasteiger partial charge is 0.233 e. The van der Waals surface area contributed by atoms with Crippen LogP contribution in [-0.4, -0.2) is 59.5 Å². The van der Waals surface area contributed by atoms with E-state index in [-0.39, 0.29) is 36.2 Å². The van der Waals surface area contributed by atoms with Gasteiger partial charge in [-0.2, -0.15) is 0 Å². The Morgan fingerprint density at radius 2 is 1.65 bits per heavy atom. The molecule has 2 amide bonds. The van der Waals surface area contributed by atoms with E-state index in [4.69, 9.17) is 5.11 Å². The van der Waals surface area contributed by atoms with Gasteiger partial charge in [-0.25, -0.2) is 0 Å². The number of carbonyl (C=O) groups is 2. The van der Waals surface area contributed by atoms with Crippen LogP contribution in [0.2, 0.25) is 0 Å². The summed E-state index contributed by atoms with van der Waals surface area (Å²) in [5.74, 6) is -0.605. The van der Waals surface area contributed by atoms with E-state index in [2.05, 4.69) is 4.90 Å². The molecule has 94 valence electrons. The summed E-state index contributed by atoms with van der Waals surface area (Å²) in [6.45, 7) is 3.47. The highest BCUT2D eigenvalue weighted by atomic mass is 16.3. The highest BCUT2D eigenvalue weighted by molar-refractivity contribution is 6.09. The van der Waals surface area contributed by atoms with Crippen molar-refractivity contribution < 1.29 is 14.7 Å². The molecule has 17 heavy (non-hydrogen) atoms. The predicted octanol–water partition coefficient (Wildman–Crippen LogP) is -0.694. The van der Waals surface area contributed by atoms with Crippen molar-refractivity contribution in [3.8, 4) is 0 Å². The first-order valence-corrected chi connectivity index (χ1v) is 6.42. The average Bonchev–Trinajstić information content (AvgIpc) is 2.72. The Bertz CT molecular complexity index is 330. The predicted molar refractivity (Wildman–Crippen MR) is 59.9 cm³/mol. The Hall–Kier alpha value is -0.940. The SMILES string of the molecule is O=C1C2C(CO)C2C(=O)N1CCN1CCCC1. The van der Waals surface area contributed by atoms with Crippen LogP contribution in [0, 0.1) is 17.8 Å². The highest BCUT2D eigenvalue weighted by Gasteiger charge is 2.66. The van der Waals surface area contributed by atoms with Gasteiger partial charge in [0.15, 0.2) is 0 Å². The maximum Gasteiger partial charge on any atom is 0.233 e. The maximum atomic E-state index is 11.9. The lowest BCUT2D eigenvalue weighted by Gasteiger charge is -2.21. The molecule has 1 saturated carbocycles. The lowest BCUT2D eigenvalue weighted by Crippen LogP contribution is -2.40. The number of amides is 2. The van der Waals surface area contributed by atoms with Gasteiger partial charge >= 0.3 is 0 Å². The van der Waals surface area contributed by atoms with E-state index in [0.29, 0.717) is 6.54 Å². The number of rotatable bonds is 4. The average molecular weight is 238 g/mol. The molecule has 0 aromatic carbocycles. The van der Waals surface area contributed by atoms with E-state index in [1.807, 2.05) is 0 Å². The number of aliphatic hydroxyl groups is 1. The second-order valence-corrected chi connectivity index (χ2v) is 5.27. The number of piperidine rings is 1. The van der Waals surface area contributed by atoms with Crippen LogP contribution in [0.15, 0.2) is 0 Å². The largest absolute Gasteiger partial charge is 0.396 e. The van der Waals surface area contributed by atoms with Crippen molar-refractivity contribution >= 4 is 11.8 Å². The zero-order chi connectivity index (χ0) is 12.0. The standard InChI is InChI=1S/C12H18N2O3/c15-7-8-9-10(8)12(17)14(11(9)16)6-5-13-3-1-2-4-13/h8-10,15H,1-7H2. The molecule has 5 nitrogen and oxygen atoms in total. The van der Waals surface area contributed by atoms with E-state index in [0.717, 1.165) is 19.6 Å². The normalized spacial score (nSPS) is 36.8. The molecule has 0 radical (unpaired) electrons. The molecular formula is C12H18N2O3. The van der Waals surface area contributed by atoms with E-state index >= 15 is 0 Å². The van der Waals surface area contributed by atoms with Gasteiger partial charge in [0.2, 0.25) is 11.8 Å². The number of aliphatic hydroxyl groups excluding tert-OH is 1. The molecule has 0 bridgehead atoms. The third-order valence-corrected chi connectivity index (χ3v) is 4.32. The van der Waals surface area contributed by atoms with Gasteiger partial charge in [0.25, 0.3) is 0 Å². The second-order valence-electron chi connectivity index (χ2n) is 5.27. The number of hydrogen-bond donors (Lipinski definition) is 1. The minimum Gasteiger partial charge on any atom is -0.396 e. The zero-order valence-electron chi connectivity index (χ0n) is 9.84. The van der Waals surface area contributed by atoms with Crippen molar-refractivity contribution in [3.63, 3.8) is 0 Å². The molecule has 3 fully saturated rings. The summed E-state index contributed by atoms with van der Waals surface area (Å²) in [6, 6.07) is 0. The van der Waals surface area contributed by atoms with Crippen molar-refractivity contribution in [2.45, 2.75) is 12.8 Å². The molecule has 3 aliphatic rings. The number of fused-ring (bicyclic) bond motifs is 1. The first-order chi connectivity index (χ1) is 8.24. The molecule has 2 atom stereocenters. The Kier molecular flexibility index (Phi) is 2.67. The first kappa shape index (κ1) is 11.2. The van der Waals surface area contributed by atoms with Crippen LogP contribution in [-0.2, 0) is 9.59 Å². The van der Waals surface area contributed by atoms with Gasteiger partial charge in [0.05, 0.1) is 11.8 Å². The van der Waals surface area contributed by atoms with Crippen LogP contribution < -0.4 is 0 Å². The lowest BCUT2D eigenvalue weighted by atomic mass is 10.2. The Labute approximate surface area is 100 Å². The fourth-order valence-corrected chi connectivity index (χ4v) is 3.21. The van der Waals surface area contributed by atoms with Gasteiger partial charge in [0.1, 0.15) is 0 Å². The second kappa shape index (κ2) is 4.07. The van der Waals surface area contributed by atoms with Crippen molar-refractivity contribution in [3.05, 3.63) is 0 Å². The Morgan fingerprint density at radius 1 is 1.06 bits per heavy atom. The number of likely N-dealkylation sites (tertiary alicyclic amines) is 2. The molecular weight excluding hydrogens is 220 g/mol. The summed E-state index contributed by atoms with van der Waals surface area (Å²) < 4.78 is 0. The quantitative estimate of drug-likeness (QED) is 0.658. The third-order valence-electron chi connectivity index (χ3n) is 4.32. The molecule has 2 saturated heterocycles. The van der Waals surface area contributed by atoms with Gasteiger partial charge in [-0.3, -0.25) is 14.5 Å². The molecule has 2 aliphatic heterocycles. The summed E-state index contributed by atoms with van der Waals surface area (Å²) in [5, 5.41) is 9.00. The van der Waals surface area contributed by atoms with Gasteiger partial charge in [-0.15, -0.1) is 0 Å². The lowest BCUT2D eigenvalue weighted by molar-refractivity contribution is -0.142. The number of carbonyl (C=O) groups excluding carboxylic acids is 2. The van der Waals surface area contributed by atoms with E-state index in [9.17, 15) is 9.59 Å². The molecule has 1 N–H and O–H groups in total. The van der Waals surface area contributed by atoms with Gasteiger partial charge in [-0.05, 0) is 25.9 Å². The molecule has 0 aromatic heterocycles. The van der Waals surface area contributed by atoms with Crippen LogP contribution in [0.25, 0.3) is 0 Å². The highest BCUT2D eigenvalue weighted by Crippen LogP contribution is 2.52. The molecule has 0 aromatic rings. The number of hydrogen-bond acceptors (Lipinski definition) is 4. The molecule has 3 rings (SSSR count). The van der Waals surface area contributed by atoms with E-state index in [1.54, 1.807) is 0 Å². The van der Waals surface area contributed by atoms with Crippen molar-refractivity contribution in [2.24, 2.45) is 17.8 Å². The summed E-state index contributed by atoms with van der Waals surface area (Å²) in [5.41, 5.74) is 0. The zero-order valence-corrected chi connectivity index (χ0v) is 9.84. The van der Waals surface area contributed by atoms with E-state index < -0.39 is 0 Å². The number of imide groups is 1. The van der Waals surface area contributed by atoms with E-state index in [1.165, 1.54) is 17.7 Å². The Morgan fingerprint density at radius 3 is 2.18 bits per heavy atom. The van der Waals surface area contributed by atoms with Crippen molar-refractivity contribution in [1.82, 2.24) is 9.80 Å². The van der Waals surface area contributed by atoms with Crippen LogP contribution in [0.5, 0.6) is 0 Å². The molecule has 0 spiro atoms. The summed E-state index contributed by atoms with van der Waals surface area (Å²) in [6.07, 6.45) is 2.44. The van der Waals surface area contributed by atoms with Crippen LogP contribution in [0.3, 0.4) is 0 Å². The van der Waals surface area contributed by atoms with Gasteiger partial charge in [-0.1, -0.05) is 0 Å². The molecule has 5 heteroatoms. The first-order valence-electron chi connectivity index (χ1n) is 6.42. The Balaban J connectivity index is 1.55. The fourth-order valence-electron chi connectivity index (χ4n) is 3.21. The summed E-state index contributed by atoms with van der Waals surface area (Å²) in [4.78, 5) is 27.5. The third kappa shape index (κ3) is 1.68.